The predicted octanol–water partition coefficient (Wildman–Crippen LogP) is 3.83. The van der Waals surface area contributed by atoms with Gasteiger partial charge in [0.05, 0.1) is 12.2 Å². The third kappa shape index (κ3) is 1.84. The summed E-state index contributed by atoms with van der Waals surface area (Å²) in [6, 6.07) is 14.8. The van der Waals surface area contributed by atoms with Gasteiger partial charge >= 0.3 is 0 Å². The van der Waals surface area contributed by atoms with Crippen LogP contribution in [0, 0.1) is 13.8 Å². The molecule has 0 spiro atoms. The molecule has 0 unspecified atom stereocenters. The summed E-state index contributed by atoms with van der Waals surface area (Å²) in [6.45, 7) is 5.95. The monoisotopic (exact) mass is 239 g/mol. The van der Waals surface area contributed by atoms with Crippen LogP contribution in [0.2, 0.25) is 0 Å². The summed E-state index contributed by atoms with van der Waals surface area (Å²) in [4.78, 5) is 2.32. The molecule has 1 aliphatic heterocycles. The number of fused-ring (bicyclic) bond motifs is 1. The molecular formula is C16H17NO. The zero-order valence-electron chi connectivity index (χ0n) is 10.8. The summed E-state index contributed by atoms with van der Waals surface area (Å²) in [5, 5.41) is 0. The van der Waals surface area contributed by atoms with Gasteiger partial charge < -0.3 is 9.64 Å². The average Bonchev–Trinajstić information content (AvgIpc) is 2.41. The zero-order chi connectivity index (χ0) is 12.5. The van der Waals surface area contributed by atoms with Crippen molar-refractivity contribution in [3.05, 3.63) is 53.6 Å². The quantitative estimate of drug-likeness (QED) is 0.749. The van der Waals surface area contributed by atoms with Crippen molar-refractivity contribution in [1.29, 1.82) is 0 Å². The molecule has 0 saturated heterocycles. The molecule has 92 valence electrons. The maximum atomic E-state index is 5.69. The van der Waals surface area contributed by atoms with Crippen molar-refractivity contribution in [2.45, 2.75) is 13.8 Å². The van der Waals surface area contributed by atoms with Crippen LogP contribution in [-0.2, 0) is 0 Å². The van der Waals surface area contributed by atoms with E-state index >= 15 is 0 Å². The molecule has 0 aliphatic carbocycles. The molecule has 0 amide bonds. The second-order valence-corrected chi connectivity index (χ2v) is 4.74. The SMILES string of the molecule is Cc1ccc(N2CCOc3ccccc32)cc1C. The Kier molecular flexibility index (Phi) is 2.71. The molecular weight excluding hydrogens is 222 g/mol. The lowest BCUT2D eigenvalue weighted by molar-refractivity contribution is 0.314. The van der Waals surface area contributed by atoms with Crippen LogP contribution in [0.1, 0.15) is 11.1 Å². The fourth-order valence-corrected chi connectivity index (χ4v) is 2.33. The minimum absolute atomic E-state index is 0.740. The Bertz CT molecular complexity index is 577. The normalized spacial score (nSPS) is 14.0. The lowest BCUT2D eigenvalue weighted by Gasteiger charge is -2.31. The number of anilines is 2. The van der Waals surface area contributed by atoms with Gasteiger partial charge in [-0.15, -0.1) is 0 Å². The molecule has 2 nitrogen and oxygen atoms in total. The molecule has 0 aromatic heterocycles. The molecule has 1 aliphatic rings. The number of hydrogen-bond acceptors (Lipinski definition) is 2. The standard InChI is InChI=1S/C16H17NO/c1-12-7-8-14(11-13(12)2)17-9-10-18-16-6-4-3-5-15(16)17/h3-8,11H,9-10H2,1-2H3. The van der Waals surface area contributed by atoms with Crippen molar-refractivity contribution in [3.63, 3.8) is 0 Å². The predicted molar refractivity (Wildman–Crippen MR) is 74.9 cm³/mol. The van der Waals surface area contributed by atoms with Gasteiger partial charge in [-0.1, -0.05) is 18.2 Å². The number of benzene rings is 2. The van der Waals surface area contributed by atoms with Crippen LogP contribution in [-0.4, -0.2) is 13.2 Å². The summed E-state index contributed by atoms with van der Waals surface area (Å²) < 4.78 is 5.69. The Hall–Kier alpha value is -1.96. The van der Waals surface area contributed by atoms with E-state index in [1.165, 1.54) is 16.8 Å². The Morgan fingerprint density at radius 3 is 2.67 bits per heavy atom. The maximum absolute atomic E-state index is 5.69. The first-order valence-corrected chi connectivity index (χ1v) is 6.32. The molecule has 18 heavy (non-hydrogen) atoms. The highest BCUT2D eigenvalue weighted by Gasteiger charge is 2.18. The smallest absolute Gasteiger partial charge is 0.143 e. The van der Waals surface area contributed by atoms with Gasteiger partial charge in [0.1, 0.15) is 12.4 Å². The molecule has 0 fully saturated rings. The van der Waals surface area contributed by atoms with Crippen molar-refractivity contribution in [2.24, 2.45) is 0 Å². The van der Waals surface area contributed by atoms with E-state index in [2.05, 4.69) is 49.1 Å². The number of nitrogens with zero attached hydrogens (tertiary/aromatic N) is 1. The Morgan fingerprint density at radius 2 is 1.83 bits per heavy atom. The van der Waals surface area contributed by atoms with E-state index in [9.17, 15) is 0 Å². The molecule has 0 radical (unpaired) electrons. The third-order valence-corrected chi connectivity index (χ3v) is 3.53. The number of aryl methyl sites for hydroxylation is 2. The first-order valence-electron chi connectivity index (χ1n) is 6.32. The van der Waals surface area contributed by atoms with Crippen molar-refractivity contribution in [2.75, 3.05) is 18.1 Å². The van der Waals surface area contributed by atoms with Crippen molar-refractivity contribution >= 4 is 11.4 Å². The van der Waals surface area contributed by atoms with Crippen LogP contribution in [0.3, 0.4) is 0 Å². The number of ether oxygens (including phenoxy) is 1. The van der Waals surface area contributed by atoms with E-state index in [-0.39, 0.29) is 0 Å². The van der Waals surface area contributed by atoms with E-state index in [1.807, 2.05) is 12.1 Å². The fraction of sp³-hybridized carbons (Fsp3) is 0.250. The second-order valence-electron chi connectivity index (χ2n) is 4.74. The van der Waals surface area contributed by atoms with E-state index in [1.54, 1.807) is 0 Å². The summed E-state index contributed by atoms with van der Waals surface area (Å²) in [5.74, 6) is 0.974. The van der Waals surface area contributed by atoms with E-state index in [0.29, 0.717) is 0 Å². The van der Waals surface area contributed by atoms with Gasteiger partial charge in [-0.05, 0) is 49.2 Å². The van der Waals surface area contributed by atoms with Gasteiger partial charge in [0, 0.05) is 5.69 Å². The van der Waals surface area contributed by atoms with Gasteiger partial charge in [0.25, 0.3) is 0 Å². The van der Waals surface area contributed by atoms with Crippen molar-refractivity contribution < 1.29 is 4.74 Å². The highest BCUT2D eigenvalue weighted by atomic mass is 16.5. The van der Waals surface area contributed by atoms with E-state index in [4.69, 9.17) is 4.74 Å². The topological polar surface area (TPSA) is 12.5 Å². The first kappa shape index (κ1) is 11.1. The first-order chi connectivity index (χ1) is 8.75. The Labute approximate surface area is 108 Å². The maximum Gasteiger partial charge on any atom is 0.143 e. The lowest BCUT2D eigenvalue weighted by atomic mass is 10.1. The van der Waals surface area contributed by atoms with Crippen LogP contribution < -0.4 is 9.64 Å². The number of rotatable bonds is 1. The summed E-state index contributed by atoms with van der Waals surface area (Å²) >= 11 is 0. The van der Waals surface area contributed by atoms with E-state index < -0.39 is 0 Å². The molecule has 3 rings (SSSR count). The Balaban J connectivity index is 2.05. The van der Waals surface area contributed by atoms with Crippen LogP contribution in [0.4, 0.5) is 11.4 Å². The van der Waals surface area contributed by atoms with Crippen LogP contribution in [0.15, 0.2) is 42.5 Å². The highest BCUT2D eigenvalue weighted by Crippen LogP contribution is 2.36. The van der Waals surface area contributed by atoms with Gasteiger partial charge in [-0.2, -0.15) is 0 Å². The second kappa shape index (κ2) is 4.37. The fourth-order valence-electron chi connectivity index (χ4n) is 2.33. The molecule has 1 heterocycles. The molecule has 0 N–H and O–H groups in total. The van der Waals surface area contributed by atoms with Crippen LogP contribution in [0.25, 0.3) is 0 Å². The highest BCUT2D eigenvalue weighted by molar-refractivity contribution is 5.70. The number of para-hydroxylation sites is 2. The lowest BCUT2D eigenvalue weighted by Crippen LogP contribution is -2.28. The average molecular weight is 239 g/mol. The van der Waals surface area contributed by atoms with Gasteiger partial charge in [0.15, 0.2) is 0 Å². The molecule has 2 heteroatoms. The third-order valence-electron chi connectivity index (χ3n) is 3.53. The Morgan fingerprint density at radius 1 is 1.00 bits per heavy atom. The van der Waals surface area contributed by atoms with Crippen LogP contribution >= 0.6 is 0 Å². The summed E-state index contributed by atoms with van der Waals surface area (Å²) in [5.41, 5.74) is 5.07. The summed E-state index contributed by atoms with van der Waals surface area (Å²) in [7, 11) is 0. The van der Waals surface area contributed by atoms with Crippen LogP contribution in [0.5, 0.6) is 5.75 Å². The van der Waals surface area contributed by atoms with Gasteiger partial charge in [0.2, 0.25) is 0 Å². The largest absolute Gasteiger partial charge is 0.490 e. The van der Waals surface area contributed by atoms with Crippen molar-refractivity contribution in [3.8, 4) is 5.75 Å². The molecule has 2 aromatic carbocycles. The van der Waals surface area contributed by atoms with Crippen molar-refractivity contribution in [1.82, 2.24) is 0 Å². The molecule has 0 bridgehead atoms. The molecule has 0 saturated carbocycles. The van der Waals surface area contributed by atoms with Gasteiger partial charge in [-0.3, -0.25) is 0 Å². The minimum Gasteiger partial charge on any atom is -0.490 e. The molecule has 2 aromatic rings. The van der Waals surface area contributed by atoms with E-state index in [0.717, 1.165) is 24.6 Å². The molecule has 0 atom stereocenters. The van der Waals surface area contributed by atoms with Gasteiger partial charge in [-0.25, -0.2) is 0 Å². The zero-order valence-corrected chi connectivity index (χ0v) is 10.8. The number of hydrogen-bond donors (Lipinski definition) is 0. The summed E-state index contributed by atoms with van der Waals surface area (Å²) in [6.07, 6.45) is 0. The minimum atomic E-state index is 0.740.